The highest BCUT2D eigenvalue weighted by molar-refractivity contribution is 7.99. The van der Waals surface area contributed by atoms with Crippen LogP contribution < -0.4 is 5.32 Å². The topological polar surface area (TPSA) is 48.7 Å². The average molecular weight is 301 g/mol. The van der Waals surface area contributed by atoms with Gasteiger partial charge in [0.2, 0.25) is 0 Å². The number of nitriles is 1. The lowest BCUT2D eigenvalue weighted by Crippen LogP contribution is -2.44. The molecule has 0 amide bonds. The van der Waals surface area contributed by atoms with Crippen LogP contribution in [0.4, 0.5) is 13.2 Å². The van der Waals surface area contributed by atoms with E-state index in [1.807, 2.05) is 0 Å². The van der Waals surface area contributed by atoms with Crippen LogP contribution in [0.1, 0.15) is 25.3 Å². The number of hydrogen-bond acceptors (Lipinski definition) is 4. The molecule has 0 bridgehead atoms. The Balaban J connectivity index is 1.94. The van der Waals surface area contributed by atoms with Crippen LogP contribution in [-0.2, 0) is 6.18 Å². The number of aromatic nitrogens is 1. The van der Waals surface area contributed by atoms with Crippen molar-refractivity contribution in [3.63, 3.8) is 0 Å². The van der Waals surface area contributed by atoms with Crippen molar-refractivity contribution in [3.8, 4) is 6.07 Å². The SMILES string of the molecule is CC(C#N)(CSc1ccc(C(F)(F)F)cn1)NC1CC1. The Morgan fingerprint density at radius 2 is 2.15 bits per heavy atom. The molecular weight excluding hydrogens is 287 g/mol. The maximum atomic E-state index is 12.4. The van der Waals surface area contributed by atoms with E-state index in [2.05, 4.69) is 16.4 Å². The number of nitrogens with zero attached hydrogens (tertiary/aromatic N) is 2. The Bertz CT molecular complexity index is 505. The molecule has 0 aliphatic heterocycles. The van der Waals surface area contributed by atoms with E-state index in [1.165, 1.54) is 17.8 Å². The fourth-order valence-electron chi connectivity index (χ4n) is 1.64. The summed E-state index contributed by atoms with van der Waals surface area (Å²) in [5, 5.41) is 12.9. The maximum absolute atomic E-state index is 12.4. The molecule has 0 saturated heterocycles. The summed E-state index contributed by atoms with van der Waals surface area (Å²) in [6.07, 6.45) is -1.41. The summed E-state index contributed by atoms with van der Waals surface area (Å²) in [5.41, 5.74) is -1.45. The molecular formula is C13H14F3N3S. The van der Waals surface area contributed by atoms with E-state index in [0.29, 0.717) is 16.8 Å². The molecule has 3 nitrogen and oxygen atoms in total. The van der Waals surface area contributed by atoms with Crippen LogP contribution in [0, 0.1) is 11.3 Å². The molecule has 1 aliphatic carbocycles. The quantitative estimate of drug-likeness (QED) is 0.848. The van der Waals surface area contributed by atoms with Gasteiger partial charge in [-0.05, 0) is 31.9 Å². The third kappa shape index (κ3) is 4.12. The summed E-state index contributed by atoms with van der Waals surface area (Å²) >= 11 is 1.28. The van der Waals surface area contributed by atoms with Gasteiger partial charge in [-0.1, -0.05) is 0 Å². The van der Waals surface area contributed by atoms with Gasteiger partial charge < -0.3 is 0 Å². The minimum atomic E-state index is -4.37. The third-order valence-electron chi connectivity index (χ3n) is 2.92. The predicted octanol–water partition coefficient (Wildman–Crippen LogP) is 3.23. The summed E-state index contributed by atoms with van der Waals surface area (Å²) in [5.74, 6) is 0.443. The second kappa shape index (κ2) is 5.62. The van der Waals surface area contributed by atoms with E-state index in [1.54, 1.807) is 6.92 Å². The van der Waals surface area contributed by atoms with Gasteiger partial charge in [-0.15, -0.1) is 11.8 Å². The molecule has 1 aromatic heterocycles. The minimum absolute atomic E-state index is 0.390. The zero-order chi connectivity index (χ0) is 14.8. The van der Waals surface area contributed by atoms with Crippen molar-refractivity contribution in [1.82, 2.24) is 10.3 Å². The first-order chi connectivity index (χ1) is 9.32. The molecule has 0 spiro atoms. The lowest BCUT2D eigenvalue weighted by molar-refractivity contribution is -0.137. The molecule has 1 fully saturated rings. The molecule has 1 unspecified atom stereocenters. The molecule has 20 heavy (non-hydrogen) atoms. The normalized spacial score (nSPS) is 18.4. The van der Waals surface area contributed by atoms with Gasteiger partial charge in [0.05, 0.1) is 16.7 Å². The van der Waals surface area contributed by atoms with Crippen molar-refractivity contribution in [2.45, 2.75) is 42.5 Å². The van der Waals surface area contributed by atoms with Gasteiger partial charge >= 0.3 is 6.18 Å². The highest BCUT2D eigenvalue weighted by Gasteiger charge is 2.33. The standard InChI is InChI=1S/C13H14F3N3S/c1-12(7-17,19-10-3-4-10)8-20-11-5-2-9(6-18-11)13(14,15)16/h2,5-6,10,19H,3-4,8H2,1H3. The first-order valence-corrected chi connectivity index (χ1v) is 7.16. The number of pyridine rings is 1. The Hall–Kier alpha value is -1.26. The maximum Gasteiger partial charge on any atom is 0.417 e. The van der Waals surface area contributed by atoms with Gasteiger partial charge in [0.15, 0.2) is 0 Å². The first-order valence-electron chi connectivity index (χ1n) is 6.17. The molecule has 0 aromatic carbocycles. The van der Waals surface area contributed by atoms with Crippen LogP contribution in [-0.4, -0.2) is 22.3 Å². The Kier molecular flexibility index (Phi) is 4.25. The number of thioether (sulfide) groups is 1. The minimum Gasteiger partial charge on any atom is -0.296 e. The molecule has 7 heteroatoms. The Labute approximate surface area is 119 Å². The van der Waals surface area contributed by atoms with Gasteiger partial charge in [-0.2, -0.15) is 18.4 Å². The zero-order valence-electron chi connectivity index (χ0n) is 10.9. The van der Waals surface area contributed by atoms with Gasteiger partial charge in [0, 0.05) is 18.0 Å². The number of alkyl halides is 3. The van der Waals surface area contributed by atoms with E-state index in [4.69, 9.17) is 0 Å². The van der Waals surface area contributed by atoms with Crippen LogP contribution >= 0.6 is 11.8 Å². The van der Waals surface area contributed by atoms with Crippen molar-refractivity contribution in [3.05, 3.63) is 23.9 Å². The molecule has 1 aliphatic rings. The van der Waals surface area contributed by atoms with E-state index < -0.39 is 17.3 Å². The van der Waals surface area contributed by atoms with Gasteiger partial charge in [0.1, 0.15) is 5.54 Å². The fraction of sp³-hybridized carbons (Fsp3) is 0.538. The zero-order valence-corrected chi connectivity index (χ0v) is 11.7. The summed E-state index contributed by atoms with van der Waals surface area (Å²) in [4.78, 5) is 3.78. The molecule has 1 heterocycles. The van der Waals surface area contributed by atoms with E-state index in [0.717, 1.165) is 25.1 Å². The van der Waals surface area contributed by atoms with Crippen LogP contribution in [0.2, 0.25) is 0 Å². The van der Waals surface area contributed by atoms with Crippen molar-refractivity contribution in [2.24, 2.45) is 0 Å². The van der Waals surface area contributed by atoms with Crippen molar-refractivity contribution >= 4 is 11.8 Å². The Morgan fingerprint density at radius 3 is 2.60 bits per heavy atom. The smallest absolute Gasteiger partial charge is 0.296 e. The number of rotatable bonds is 5. The molecule has 2 rings (SSSR count). The lowest BCUT2D eigenvalue weighted by Gasteiger charge is -2.22. The van der Waals surface area contributed by atoms with Crippen LogP contribution in [0.5, 0.6) is 0 Å². The molecule has 1 atom stereocenters. The van der Waals surface area contributed by atoms with Gasteiger partial charge in [-0.25, -0.2) is 4.98 Å². The molecule has 108 valence electrons. The highest BCUT2D eigenvalue weighted by atomic mass is 32.2. The van der Waals surface area contributed by atoms with E-state index in [9.17, 15) is 18.4 Å². The first kappa shape index (κ1) is 15.1. The largest absolute Gasteiger partial charge is 0.417 e. The van der Waals surface area contributed by atoms with Crippen molar-refractivity contribution in [1.29, 1.82) is 5.26 Å². The second-order valence-electron chi connectivity index (χ2n) is 5.03. The summed E-state index contributed by atoms with van der Waals surface area (Å²) < 4.78 is 37.2. The van der Waals surface area contributed by atoms with E-state index in [-0.39, 0.29) is 0 Å². The number of nitrogens with one attached hydrogen (secondary N) is 1. The van der Waals surface area contributed by atoms with Crippen LogP contribution in [0.3, 0.4) is 0 Å². The van der Waals surface area contributed by atoms with Crippen LogP contribution in [0.25, 0.3) is 0 Å². The third-order valence-corrected chi connectivity index (χ3v) is 4.18. The number of hydrogen-bond donors (Lipinski definition) is 1. The molecule has 1 saturated carbocycles. The van der Waals surface area contributed by atoms with Gasteiger partial charge in [0.25, 0.3) is 0 Å². The van der Waals surface area contributed by atoms with E-state index >= 15 is 0 Å². The second-order valence-corrected chi connectivity index (χ2v) is 6.03. The molecule has 1 aromatic rings. The average Bonchev–Trinajstić information content (AvgIpc) is 3.20. The summed E-state index contributed by atoms with van der Waals surface area (Å²) in [7, 11) is 0. The van der Waals surface area contributed by atoms with Crippen molar-refractivity contribution < 1.29 is 13.2 Å². The van der Waals surface area contributed by atoms with Crippen LogP contribution in [0.15, 0.2) is 23.4 Å². The fourth-order valence-corrected chi connectivity index (χ4v) is 2.51. The highest BCUT2D eigenvalue weighted by Crippen LogP contribution is 2.30. The Morgan fingerprint density at radius 1 is 1.45 bits per heavy atom. The molecule has 1 N–H and O–H groups in total. The molecule has 0 radical (unpaired) electrons. The lowest BCUT2D eigenvalue weighted by atomic mass is 10.1. The summed E-state index contributed by atoms with van der Waals surface area (Å²) in [6, 6.07) is 4.95. The summed E-state index contributed by atoms with van der Waals surface area (Å²) in [6.45, 7) is 1.79. The monoisotopic (exact) mass is 301 g/mol. The predicted molar refractivity (Wildman–Crippen MR) is 70.1 cm³/mol. The van der Waals surface area contributed by atoms with Gasteiger partial charge in [-0.3, -0.25) is 5.32 Å². The van der Waals surface area contributed by atoms with Crippen molar-refractivity contribution in [2.75, 3.05) is 5.75 Å². The number of halogens is 3.